The van der Waals surface area contributed by atoms with Crippen molar-refractivity contribution in [3.8, 4) is 0 Å². The smallest absolute Gasteiger partial charge is 0.288 e. The summed E-state index contributed by atoms with van der Waals surface area (Å²) >= 11 is 0. The fourth-order valence-corrected chi connectivity index (χ4v) is 4.73. The van der Waals surface area contributed by atoms with E-state index in [0.29, 0.717) is 42.4 Å². The van der Waals surface area contributed by atoms with Gasteiger partial charge in [0.05, 0.1) is 34.0 Å². The van der Waals surface area contributed by atoms with Crippen LogP contribution in [-0.4, -0.2) is 44.1 Å². The molecule has 7 nitrogen and oxygen atoms in total. The first-order chi connectivity index (χ1) is 17.4. The summed E-state index contributed by atoms with van der Waals surface area (Å²) in [6.45, 7) is 3.13. The van der Waals surface area contributed by atoms with Crippen molar-refractivity contribution in [1.29, 1.82) is 0 Å². The van der Waals surface area contributed by atoms with Gasteiger partial charge in [0.25, 0.3) is 5.79 Å². The topological polar surface area (TPSA) is 81.8 Å². The van der Waals surface area contributed by atoms with Gasteiger partial charge in [0.2, 0.25) is 5.91 Å². The van der Waals surface area contributed by atoms with Gasteiger partial charge in [0.1, 0.15) is 5.82 Å². The highest BCUT2D eigenvalue weighted by Crippen LogP contribution is 2.45. The van der Waals surface area contributed by atoms with Gasteiger partial charge in [-0.25, -0.2) is 4.39 Å². The fourth-order valence-electron chi connectivity index (χ4n) is 4.73. The molecule has 1 saturated heterocycles. The van der Waals surface area contributed by atoms with Crippen molar-refractivity contribution < 1.29 is 28.1 Å². The molecule has 0 saturated carbocycles. The van der Waals surface area contributed by atoms with Crippen LogP contribution in [0.5, 0.6) is 0 Å². The summed E-state index contributed by atoms with van der Waals surface area (Å²) in [6.07, 6.45) is 8.95. The lowest BCUT2D eigenvalue weighted by atomic mass is 9.96. The molecule has 0 bridgehead atoms. The lowest BCUT2D eigenvalue weighted by molar-refractivity contribution is -0.150. The number of hydrogen-bond acceptors (Lipinski definition) is 5. The summed E-state index contributed by atoms with van der Waals surface area (Å²) in [5.41, 5.74) is 5.56. The standard InChI is InChI=1S/C28H27FN2O5/c1-17-22(11-18-12-25(33-2)28(26(13-18)34-3)35-9-10-36-28)21-7-6-19(29)14-24(21)23(17)15-27(32)31-16-20-5-4-8-30-20/h4-8,11-15,30H,9-10,16H2,1-3H3,(H,31,32)/b23-15-. The van der Waals surface area contributed by atoms with E-state index in [4.69, 9.17) is 18.9 Å². The molecular weight excluding hydrogens is 463 g/mol. The fraction of sp³-hybridized carbons (Fsp3) is 0.250. The third kappa shape index (κ3) is 4.19. The number of benzene rings is 1. The first-order valence-corrected chi connectivity index (χ1v) is 11.6. The van der Waals surface area contributed by atoms with Crippen molar-refractivity contribution in [2.24, 2.45) is 0 Å². The zero-order valence-corrected chi connectivity index (χ0v) is 20.3. The lowest BCUT2D eigenvalue weighted by Gasteiger charge is -2.32. The van der Waals surface area contributed by atoms with Crippen molar-refractivity contribution in [2.45, 2.75) is 19.3 Å². The van der Waals surface area contributed by atoms with E-state index in [-0.39, 0.29) is 11.7 Å². The zero-order valence-electron chi connectivity index (χ0n) is 20.3. The third-order valence-electron chi connectivity index (χ3n) is 6.45. The molecule has 0 unspecified atom stereocenters. The number of aromatic amines is 1. The van der Waals surface area contributed by atoms with E-state index in [2.05, 4.69) is 10.3 Å². The van der Waals surface area contributed by atoms with Crippen LogP contribution in [0.1, 0.15) is 23.7 Å². The number of rotatable bonds is 6. The van der Waals surface area contributed by atoms with Crippen molar-refractivity contribution in [1.82, 2.24) is 10.3 Å². The highest BCUT2D eigenvalue weighted by molar-refractivity contribution is 6.08. The molecule has 1 fully saturated rings. The minimum absolute atomic E-state index is 0.263. The predicted molar refractivity (Wildman–Crippen MR) is 133 cm³/mol. The van der Waals surface area contributed by atoms with Crippen LogP contribution in [0.15, 0.2) is 83.5 Å². The van der Waals surface area contributed by atoms with Crippen LogP contribution in [0, 0.1) is 5.82 Å². The van der Waals surface area contributed by atoms with Crippen LogP contribution >= 0.6 is 0 Å². The van der Waals surface area contributed by atoms with Crippen LogP contribution in [0.2, 0.25) is 0 Å². The summed E-state index contributed by atoms with van der Waals surface area (Å²) < 4.78 is 37.2. The lowest BCUT2D eigenvalue weighted by Crippen LogP contribution is -2.38. The molecule has 186 valence electrons. The number of halogens is 1. The van der Waals surface area contributed by atoms with Gasteiger partial charge in [-0.15, -0.1) is 0 Å². The number of hydrogen-bond donors (Lipinski definition) is 2. The molecule has 1 aromatic heterocycles. The van der Waals surface area contributed by atoms with E-state index >= 15 is 0 Å². The van der Waals surface area contributed by atoms with Gasteiger partial charge >= 0.3 is 0 Å². The summed E-state index contributed by atoms with van der Waals surface area (Å²) in [5, 5.41) is 2.87. The number of H-pyrrole nitrogens is 1. The number of fused-ring (bicyclic) bond motifs is 1. The van der Waals surface area contributed by atoms with E-state index in [1.807, 2.05) is 37.3 Å². The second-order valence-electron chi connectivity index (χ2n) is 8.58. The van der Waals surface area contributed by atoms with Crippen LogP contribution < -0.4 is 5.32 Å². The average Bonchev–Trinajstić information content (AvgIpc) is 3.62. The number of allylic oxidation sites excluding steroid dienone is 7. The Morgan fingerprint density at radius 2 is 1.86 bits per heavy atom. The maximum atomic E-state index is 14.2. The molecule has 3 aliphatic rings. The van der Waals surface area contributed by atoms with E-state index < -0.39 is 5.79 Å². The zero-order chi connectivity index (χ0) is 25.3. The Bertz CT molecular complexity index is 1320. The Kier molecular flexibility index (Phi) is 6.38. The maximum absolute atomic E-state index is 14.2. The summed E-state index contributed by atoms with van der Waals surface area (Å²) in [4.78, 5) is 15.8. The molecule has 2 heterocycles. The molecule has 0 atom stereocenters. The van der Waals surface area contributed by atoms with Gasteiger partial charge in [-0.05, 0) is 82.8 Å². The molecule has 1 spiro atoms. The first-order valence-electron chi connectivity index (χ1n) is 11.6. The maximum Gasteiger partial charge on any atom is 0.288 e. The van der Waals surface area contributed by atoms with E-state index in [0.717, 1.165) is 28.0 Å². The minimum Gasteiger partial charge on any atom is -0.495 e. The predicted octanol–water partition coefficient (Wildman–Crippen LogP) is 4.38. The Labute approximate surface area is 208 Å². The van der Waals surface area contributed by atoms with Crippen molar-refractivity contribution in [3.63, 3.8) is 0 Å². The quantitative estimate of drug-likeness (QED) is 0.588. The average molecular weight is 491 g/mol. The Balaban J connectivity index is 1.53. The number of methoxy groups -OCH3 is 2. The first kappa shape index (κ1) is 23.8. The molecule has 1 aromatic carbocycles. The van der Waals surface area contributed by atoms with Gasteiger partial charge in [-0.3, -0.25) is 4.79 Å². The van der Waals surface area contributed by atoms with E-state index in [9.17, 15) is 9.18 Å². The van der Waals surface area contributed by atoms with Gasteiger partial charge in [0.15, 0.2) is 11.5 Å². The normalized spacial score (nSPS) is 19.3. The van der Waals surface area contributed by atoms with Crippen LogP contribution in [0.3, 0.4) is 0 Å². The molecule has 36 heavy (non-hydrogen) atoms. The van der Waals surface area contributed by atoms with Crippen LogP contribution in [0.25, 0.3) is 11.1 Å². The van der Waals surface area contributed by atoms with Crippen molar-refractivity contribution in [3.05, 3.63) is 106 Å². The number of aromatic nitrogens is 1. The van der Waals surface area contributed by atoms with E-state index in [1.54, 1.807) is 26.5 Å². The molecular formula is C28H27FN2O5. The SMILES string of the molecule is COC1=CC(=CC2=C(C)/C(=C/C(=O)NCc3ccc[nH]3)c3cc(F)ccc32)C=C(OC)C12OCCO2. The van der Waals surface area contributed by atoms with Gasteiger partial charge < -0.3 is 29.2 Å². The second-order valence-corrected chi connectivity index (χ2v) is 8.58. The number of nitrogens with one attached hydrogen (secondary N) is 2. The van der Waals surface area contributed by atoms with Crippen LogP contribution in [-0.2, 0) is 30.3 Å². The largest absolute Gasteiger partial charge is 0.495 e. The molecule has 0 radical (unpaired) electrons. The Morgan fingerprint density at radius 1 is 1.14 bits per heavy atom. The van der Waals surface area contributed by atoms with Gasteiger partial charge in [-0.1, -0.05) is 6.07 Å². The minimum atomic E-state index is -1.19. The molecule has 5 rings (SSSR count). The van der Waals surface area contributed by atoms with E-state index in [1.165, 1.54) is 18.2 Å². The summed E-state index contributed by atoms with van der Waals surface area (Å²) in [7, 11) is 3.11. The molecule has 8 heteroatoms. The molecule has 2 N–H and O–H groups in total. The Hall–Kier alpha value is -3.88. The second kappa shape index (κ2) is 9.64. The summed E-state index contributed by atoms with van der Waals surface area (Å²) in [5.74, 6) is -0.877. The Morgan fingerprint density at radius 3 is 2.50 bits per heavy atom. The molecule has 1 aliphatic heterocycles. The van der Waals surface area contributed by atoms with Crippen molar-refractivity contribution >= 4 is 17.1 Å². The van der Waals surface area contributed by atoms with Crippen LogP contribution in [0.4, 0.5) is 4.39 Å². The molecule has 2 aliphatic carbocycles. The monoisotopic (exact) mass is 490 g/mol. The number of carbonyl (C=O) groups is 1. The number of carbonyl (C=O) groups excluding carboxylic acids is 1. The highest BCUT2D eigenvalue weighted by atomic mass is 19.1. The third-order valence-corrected chi connectivity index (χ3v) is 6.45. The van der Waals surface area contributed by atoms with Gasteiger partial charge in [0, 0.05) is 18.0 Å². The van der Waals surface area contributed by atoms with Crippen molar-refractivity contribution in [2.75, 3.05) is 27.4 Å². The molecule has 2 aromatic rings. The number of ether oxygens (including phenoxy) is 4. The number of amides is 1. The highest BCUT2D eigenvalue weighted by Gasteiger charge is 2.49. The summed E-state index contributed by atoms with van der Waals surface area (Å²) in [6, 6.07) is 8.36. The molecule has 1 amide bonds. The van der Waals surface area contributed by atoms with Gasteiger partial charge in [-0.2, -0.15) is 0 Å².